The minimum Gasteiger partial charge on any atom is -0.468 e. The number of hydrogen-bond acceptors (Lipinski definition) is 4. The first-order chi connectivity index (χ1) is 7.69. The van der Waals surface area contributed by atoms with Gasteiger partial charge in [0.25, 0.3) is 0 Å². The van der Waals surface area contributed by atoms with Crippen molar-refractivity contribution in [1.82, 2.24) is 4.98 Å². The van der Waals surface area contributed by atoms with E-state index in [4.69, 9.17) is 0 Å². The molecule has 0 aromatic carbocycles. The second-order valence-electron chi connectivity index (χ2n) is 2.74. The quantitative estimate of drug-likeness (QED) is 0.323. The summed E-state index contributed by atoms with van der Waals surface area (Å²) in [5.74, 6) is 3.62. The third-order valence-electron chi connectivity index (χ3n) is 1.74. The second-order valence-corrected chi connectivity index (χ2v) is 2.74. The molecule has 0 aliphatic heterocycles. The van der Waals surface area contributed by atoms with Crippen molar-refractivity contribution in [3.63, 3.8) is 0 Å². The smallest absolute Gasteiger partial charge is 0.317 e. The highest BCUT2D eigenvalue weighted by Gasteiger charge is 2.06. The van der Waals surface area contributed by atoms with E-state index in [0.29, 0.717) is 6.29 Å². The standard InChI is InChI=1S/C11H8FNO3/c1-16-10(15)4-2-3-8-5-6-13-11(12)9(8)7-14/h5-7H,4H2,1H3. The molecule has 1 aromatic rings. The van der Waals surface area contributed by atoms with Gasteiger partial charge in [-0.1, -0.05) is 11.8 Å². The minimum atomic E-state index is -0.875. The van der Waals surface area contributed by atoms with Crippen molar-refractivity contribution in [3.05, 3.63) is 29.3 Å². The van der Waals surface area contributed by atoms with Gasteiger partial charge < -0.3 is 4.74 Å². The van der Waals surface area contributed by atoms with Crippen LogP contribution in [0.5, 0.6) is 0 Å². The van der Waals surface area contributed by atoms with Gasteiger partial charge in [0.05, 0.1) is 12.7 Å². The summed E-state index contributed by atoms with van der Waals surface area (Å²) in [5.41, 5.74) is -0.00808. The number of halogens is 1. The molecule has 0 saturated heterocycles. The van der Waals surface area contributed by atoms with Crippen molar-refractivity contribution >= 4 is 12.3 Å². The molecule has 0 spiro atoms. The predicted octanol–water partition coefficient (Wildman–Crippen LogP) is 0.948. The Morgan fingerprint density at radius 2 is 2.44 bits per heavy atom. The molecule has 0 unspecified atom stereocenters. The third kappa shape index (κ3) is 2.89. The molecule has 1 heterocycles. The minimum absolute atomic E-state index is 0.112. The van der Waals surface area contributed by atoms with Gasteiger partial charge in [0.2, 0.25) is 5.95 Å². The lowest BCUT2D eigenvalue weighted by Crippen LogP contribution is -1.98. The van der Waals surface area contributed by atoms with Crippen LogP contribution in [0.25, 0.3) is 0 Å². The van der Waals surface area contributed by atoms with E-state index in [0.717, 1.165) is 0 Å². The Labute approximate surface area is 91.4 Å². The van der Waals surface area contributed by atoms with Crippen LogP contribution in [-0.4, -0.2) is 24.3 Å². The fourth-order valence-electron chi connectivity index (χ4n) is 0.953. The molecule has 1 rings (SSSR count). The Balaban J connectivity index is 2.92. The molecule has 4 nitrogen and oxygen atoms in total. The summed E-state index contributed by atoms with van der Waals surface area (Å²) >= 11 is 0. The highest BCUT2D eigenvalue weighted by molar-refractivity contribution is 5.79. The Hall–Kier alpha value is -2.22. The number of esters is 1. The summed E-state index contributed by atoms with van der Waals surface area (Å²) in [6, 6.07) is 1.40. The summed E-state index contributed by atoms with van der Waals surface area (Å²) in [4.78, 5) is 24.6. The van der Waals surface area contributed by atoms with E-state index >= 15 is 0 Å². The average Bonchev–Trinajstić information content (AvgIpc) is 2.29. The molecule has 1 aromatic heterocycles. The molecular formula is C11H8FNO3. The van der Waals surface area contributed by atoms with Crippen molar-refractivity contribution in [2.75, 3.05) is 7.11 Å². The number of aldehydes is 1. The van der Waals surface area contributed by atoms with Gasteiger partial charge in [-0.15, -0.1) is 0 Å². The molecule has 0 amide bonds. The first kappa shape index (κ1) is 11.9. The SMILES string of the molecule is COC(=O)CC#Cc1ccnc(F)c1C=O. The zero-order chi connectivity index (χ0) is 12.0. The Kier molecular flexibility index (Phi) is 4.16. The predicted molar refractivity (Wildman–Crippen MR) is 53.1 cm³/mol. The molecule has 0 radical (unpaired) electrons. The third-order valence-corrected chi connectivity index (χ3v) is 1.74. The zero-order valence-corrected chi connectivity index (χ0v) is 8.49. The molecule has 0 bridgehead atoms. The van der Waals surface area contributed by atoms with Gasteiger partial charge in [0.15, 0.2) is 6.29 Å². The van der Waals surface area contributed by atoms with Crippen molar-refractivity contribution in [2.45, 2.75) is 6.42 Å². The Morgan fingerprint density at radius 1 is 1.69 bits per heavy atom. The van der Waals surface area contributed by atoms with E-state index in [1.165, 1.54) is 19.4 Å². The van der Waals surface area contributed by atoms with E-state index < -0.39 is 11.9 Å². The first-order valence-electron chi connectivity index (χ1n) is 4.34. The first-order valence-corrected chi connectivity index (χ1v) is 4.34. The normalized spacial score (nSPS) is 8.88. The van der Waals surface area contributed by atoms with Crippen molar-refractivity contribution in [1.29, 1.82) is 0 Å². The monoisotopic (exact) mass is 221 g/mol. The lowest BCUT2D eigenvalue weighted by molar-refractivity contribution is -0.139. The van der Waals surface area contributed by atoms with Crippen LogP contribution < -0.4 is 0 Å². The molecule has 0 N–H and O–H groups in total. The van der Waals surface area contributed by atoms with Gasteiger partial charge >= 0.3 is 5.97 Å². The number of pyridine rings is 1. The molecule has 0 aliphatic carbocycles. The highest BCUT2D eigenvalue weighted by atomic mass is 19.1. The van der Waals surface area contributed by atoms with E-state index in [1.807, 2.05) is 0 Å². The van der Waals surface area contributed by atoms with Gasteiger partial charge in [0.1, 0.15) is 6.42 Å². The number of carbonyl (C=O) groups excluding carboxylic acids is 2. The molecule has 0 aliphatic rings. The lowest BCUT2D eigenvalue weighted by atomic mass is 10.1. The number of rotatable bonds is 2. The maximum atomic E-state index is 13.0. The van der Waals surface area contributed by atoms with Crippen LogP contribution >= 0.6 is 0 Å². The molecule has 5 heteroatoms. The van der Waals surface area contributed by atoms with Crippen molar-refractivity contribution in [2.24, 2.45) is 0 Å². The molecule has 0 saturated carbocycles. The van der Waals surface area contributed by atoms with Crippen LogP contribution in [0.4, 0.5) is 4.39 Å². The van der Waals surface area contributed by atoms with Gasteiger partial charge in [0, 0.05) is 11.8 Å². The summed E-state index contributed by atoms with van der Waals surface area (Å²) in [6.45, 7) is 0. The molecule has 16 heavy (non-hydrogen) atoms. The van der Waals surface area contributed by atoms with Crippen molar-refractivity contribution in [3.8, 4) is 11.8 Å². The zero-order valence-electron chi connectivity index (χ0n) is 8.49. The number of ether oxygens (including phenoxy) is 1. The topological polar surface area (TPSA) is 56.3 Å². The molecular weight excluding hydrogens is 213 g/mol. The Bertz CT molecular complexity index is 474. The van der Waals surface area contributed by atoms with Gasteiger partial charge in [-0.2, -0.15) is 4.39 Å². The van der Waals surface area contributed by atoms with E-state index in [9.17, 15) is 14.0 Å². The van der Waals surface area contributed by atoms with E-state index in [2.05, 4.69) is 21.6 Å². The summed E-state index contributed by atoms with van der Waals surface area (Å²) in [5, 5.41) is 0. The number of nitrogens with zero attached hydrogens (tertiary/aromatic N) is 1. The van der Waals surface area contributed by atoms with Gasteiger partial charge in [-0.05, 0) is 6.07 Å². The van der Waals surface area contributed by atoms with Gasteiger partial charge in [-0.25, -0.2) is 4.98 Å². The largest absolute Gasteiger partial charge is 0.468 e. The van der Waals surface area contributed by atoms with Crippen molar-refractivity contribution < 1.29 is 18.7 Å². The fourth-order valence-corrected chi connectivity index (χ4v) is 0.953. The summed E-state index contributed by atoms with van der Waals surface area (Å²) < 4.78 is 17.4. The van der Waals surface area contributed by atoms with Crippen LogP contribution in [-0.2, 0) is 9.53 Å². The maximum Gasteiger partial charge on any atom is 0.317 e. The van der Waals surface area contributed by atoms with E-state index in [-0.39, 0.29) is 17.5 Å². The number of methoxy groups -OCH3 is 1. The van der Waals surface area contributed by atoms with Crippen LogP contribution in [0, 0.1) is 17.8 Å². The fraction of sp³-hybridized carbons (Fsp3) is 0.182. The number of hydrogen-bond donors (Lipinski definition) is 0. The highest BCUT2D eigenvalue weighted by Crippen LogP contribution is 2.07. The number of carbonyl (C=O) groups is 2. The number of aromatic nitrogens is 1. The summed E-state index contributed by atoms with van der Waals surface area (Å²) in [6.07, 6.45) is 1.42. The molecule has 82 valence electrons. The van der Waals surface area contributed by atoms with Crippen LogP contribution in [0.1, 0.15) is 22.3 Å². The van der Waals surface area contributed by atoms with Crippen LogP contribution in [0.2, 0.25) is 0 Å². The second kappa shape index (κ2) is 5.61. The molecule has 0 atom stereocenters. The summed E-state index contributed by atoms with van der Waals surface area (Å²) in [7, 11) is 1.24. The Morgan fingerprint density at radius 3 is 3.06 bits per heavy atom. The van der Waals surface area contributed by atoms with E-state index in [1.54, 1.807) is 0 Å². The molecule has 0 fully saturated rings. The average molecular weight is 221 g/mol. The lowest BCUT2D eigenvalue weighted by Gasteiger charge is -1.96. The maximum absolute atomic E-state index is 13.0. The van der Waals surface area contributed by atoms with Gasteiger partial charge in [-0.3, -0.25) is 9.59 Å². The van der Waals surface area contributed by atoms with Crippen LogP contribution in [0.3, 0.4) is 0 Å². The van der Waals surface area contributed by atoms with Crippen LogP contribution in [0.15, 0.2) is 12.3 Å².